The summed E-state index contributed by atoms with van der Waals surface area (Å²) in [5.41, 5.74) is 1.76. The Balaban J connectivity index is 1.45. The number of hydrogen-bond donors (Lipinski definition) is 2. The first kappa shape index (κ1) is 17.5. The van der Waals surface area contributed by atoms with E-state index in [1.54, 1.807) is 0 Å². The summed E-state index contributed by atoms with van der Waals surface area (Å²) in [6.45, 7) is 2.16. The molecule has 3 heterocycles. The van der Waals surface area contributed by atoms with Crippen molar-refractivity contribution in [2.75, 3.05) is 35.4 Å². The molecular formula is C21H22N6O2. The van der Waals surface area contributed by atoms with E-state index in [1.807, 2.05) is 48.5 Å². The van der Waals surface area contributed by atoms with Crippen molar-refractivity contribution >= 4 is 29.2 Å². The Hall–Kier alpha value is -3.55. The molecule has 2 aliphatic heterocycles. The Morgan fingerprint density at radius 1 is 0.724 bits per heavy atom. The van der Waals surface area contributed by atoms with Crippen molar-refractivity contribution in [1.29, 1.82) is 0 Å². The first-order valence-electron chi connectivity index (χ1n) is 9.83. The van der Waals surface area contributed by atoms with Crippen LogP contribution in [0.25, 0.3) is 0 Å². The summed E-state index contributed by atoms with van der Waals surface area (Å²) in [6, 6.07) is 15.6. The van der Waals surface area contributed by atoms with Crippen LogP contribution in [0.15, 0.2) is 48.5 Å². The normalized spacial score (nSPS) is 15.2. The quantitative estimate of drug-likeness (QED) is 0.674. The average Bonchev–Trinajstić information content (AvgIpc) is 3.23. The number of fused-ring (bicyclic) bond motifs is 1. The minimum Gasteiger partial charge on any atom is -0.454 e. The molecule has 0 radical (unpaired) electrons. The number of ether oxygens (including phenoxy) is 2. The van der Waals surface area contributed by atoms with Crippen LogP contribution in [0.3, 0.4) is 0 Å². The largest absolute Gasteiger partial charge is 0.454 e. The van der Waals surface area contributed by atoms with Gasteiger partial charge < -0.3 is 25.0 Å². The van der Waals surface area contributed by atoms with E-state index in [-0.39, 0.29) is 6.79 Å². The topological polar surface area (TPSA) is 84.4 Å². The van der Waals surface area contributed by atoms with E-state index in [0.717, 1.165) is 43.1 Å². The predicted molar refractivity (Wildman–Crippen MR) is 111 cm³/mol. The SMILES string of the molecule is c1ccc(Nc2nc(Nc3ccc4c(c3)OCO4)nc(N3CCCCC3)n2)cc1. The fourth-order valence-corrected chi connectivity index (χ4v) is 3.47. The molecule has 1 saturated heterocycles. The second-order valence-corrected chi connectivity index (χ2v) is 7.01. The van der Waals surface area contributed by atoms with Crippen molar-refractivity contribution in [2.45, 2.75) is 19.3 Å². The van der Waals surface area contributed by atoms with E-state index >= 15 is 0 Å². The molecule has 2 N–H and O–H groups in total. The summed E-state index contributed by atoms with van der Waals surface area (Å²) in [7, 11) is 0. The minimum atomic E-state index is 0.245. The third kappa shape index (κ3) is 4.01. The number of nitrogens with zero attached hydrogens (tertiary/aromatic N) is 4. The second-order valence-electron chi connectivity index (χ2n) is 7.01. The van der Waals surface area contributed by atoms with Gasteiger partial charge in [0.15, 0.2) is 11.5 Å². The van der Waals surface area contributed by atoms with Gasteiger partial charge in [-0.15, -0.1) is 0 Å². The molecular weight excluding hydrogens is 368 g/mol. The minimum absolute atomic E-state index is 0.245. The molecule has 8 nitrogen and oxygen atoms in total. The van der Waals surface area contributed by atoms with Crippen molar-refractivity contribution in [3.05, 3.63) is 48.5 Å². The molecule has 5 rings (SSSR count). The van der Waals surface area contributed by atoms with Gasteiger partial charge in [-0.05, 0) is 43.5 Å². The van der Waals surface area contributed by atoms with Gasteiger partial charge in [0.25, 0.3) is 0 Å². The van der Waals surface area contributed by atoms with Crippen molar-refractivity contribution < 1.29 is 9.47 Å². The molecule has 29 heavy (non-hydrogen) atoms. The first-order valence-corrected chi connectivity index (χ1v) is 9.83. The van der Waals surface area contributed by atoms with Gasteiger partial charge in [0, 0.05) is 30.5 Å². The van der Waals surface area contributed by atoms with Gasteiger partial charge in [0.2, 0.25) is 24.6 Å². The number of rotatable bonds is 5. The first-order chi connectivity index (χ1) is 14.3. The summed E-state index contributed by atoms with van der Waals surface area (Å²) in [6.07, 6.45) is 3.55. The molecule has 0 bridgehead atoms. The molecule has 8 heteroatoms. The van der Waals surface area contributed by atoms with E-state index in [0.29, 0.717) is 23.6 Å². The van der Waals surface area contributed by atoms with Gasteiger partial charge in [-0.2, -0.15) is 15.0 Å². The number of aromatic nitrogens is 3. The molecule has 3 aromatic rings. The monoisotopic (exact) mass is 390 g/mol. The molecule has 0 aliphatic carbocycles. The van der Waals surface area contributed by atoms with E-state index in [1.165, 1.54) is 6.42 Å². The predicted octanol–water partition coefficient (Wildman–Crippen LogP) is 4.08. The Bertz CT molecular complexity index is 992. The highest BCUT2D eigenvalue weighted by molar-refractivity contribution is 5.62. The molecule has 2 aromatic carbocycles. The molecule has 0 atom stereocenters. The van der Waals surface area contributed by atoms with Crippen molar-refractivity contribution in [3.63, 3.8) is 0 Å². The fraction of sp³-hybridized carbons (Fsp3) is 0.286. The summed E-state index contributed by atoms with van der Waals surface area (Å²) in [5.74, 6) is 3.13. The lowest BCUT2D eigenvalue weighted by atomic mass is 10.1. The van der Waals surface area contributed by atoms with Crippen LogP contribution in [0.4, 0.5) is 29.2 Å². The Labute approximate surface area is 168 Å². The van der Waals surface area contributed by atoms with Gasteiger partial charge in [-0.3, -0.25) is 0 Å². The van der Waals surface area contributed by atoms with Gasteiger partial charge in [0.1, 0.15) is 0 Å². The molecule has 1 aromatic heterocycles. The maximum Gasteiger partial charge on any atom is 0.233 e. The number of benzene rings is 2. The van der Waals surface area contributed by atoms with E-state index in [4.69, 9.17) is 9.47 Å². The molecule has 0 spiro atoms. The van der Waals surface area contributed by atoms with Crippen LogP contribution in [0, 0.1) is 0 Å². The van der Waals surface area contributed by atoms with Crippen LogP contribution in [-0.4, -0.2) is 34.8 Å². The van der Waals surface area contributed by atoms with Gasteiger partial charge in [-0.1, -0.05) is 18.2 Å². The zero-order valence-electron chi connectivity index (χ0n) is 16.0. The smallest absolute Gasteiger partial charge is 0.233 e. The molecule has 0 amide bonds. The third-order valence-electron chi connectivity index (χ3n) is 4.92. The van der Waals surface area contributed by atoms with Gasteiger partial charge in [-0.25, -0.2) is 0 Å². The number of nitrogens with one attached hydrogen (secondary N) is 2. The lowest BCUT2D eigenvalue weighted by Crippen LogP contribution is -2.31. The van der Waals surface area contributed by atoms with E-state index in [2.05, 4.69) is 30.5 Å². The maximum absolute atomic E-state index is 5.46. The van der Waals surface area contributed by atoms with Crippen LogP contribution in [0.1, 0.15) is 19.3 Å². The Morgan fingerprint density at radius 3 is 2.24 bits per heavy atom. The lowest BCUT2D eigenvalue weighted by Gasteiger charge is -2.27. The number of piperidine rings is 1. The zero-order valence-corrected chi connectivity index (χ0v) is 16.0. The summed E-state index contributed by atoms with van der Waals surface area (Å²) in [4.78, 5) is 16.1. The molecule has 0 saturated carbocycles. The van der Waals surface area contributed by atoms with Gasteiger partial charge >= 0.3 is 0 Å². The fourth-order valence-electron chi connectivity index (χ4n) is 3.47. The van der Waals surface area contributed by atoms with Crippen LogP contribution in [0.5, 0.6) is 11.5 Å². The van der Waals surface area contributed by atoms with Crippen molar-refractivity contribution in [3.8, 4) is 11.5 Å². The maximum atomic E-state index is 5.46. The zero-order chi connectivity index (χ0) is 19.5. The third-order valence-corrected chi connectivity index (χ3v) is 4.92. The van der Waals surface area contributed by atoms with Gasteiger partial charge in [0.05, 0.1) is 0 Å². The second kappa shape index (κ2) is 7.83. The van der Waals surface area contributed by atoms with E-state index in [9.17, 15) is 0 Å². The molecule has 0 unspecified atom stereocenters. The number of anilines is 5. The summed E-state index contributed by atoms with van der Waals surface area (Å²) >= 11 is 0. The van der Waals surface area contributed by atoms with E-state index < -0.39 is 0 Å². The Morgan fingerprint density at radius 2 is 1.45 bits per heavy atom. The standard InChI is InChI=1S/C21H22N6O2/c1-3-7-15(8-4-1)22-19-24-20(26-21(25-19)27-11-5-2-6-12-27)23-16-9-10-17-18(13-16)29-14-28-17/h1,3-4,7-10,13H,2,5-6,11-12,14H2,(H2,22,23,24,25,26). The highest BCUT2D eigenvalue weighted by Gasteiger charge is 2.18. The summed E-state index contributed by atoms with van der Waals surface area (Å²) in [5, 5.41) is 6.55. The average molecular weight is 390 g/mol. The summed E-state index contributed by atoms with van der Waals surface area (Å²) < 4.78 is 10.8. The van der Waals surface area contributed by atoms with Crippen LogP contribution >= 0.6 is 0 Å². The molecule has 148 valence electrons. The van der Waals surface area contributed by atoms with Crippen LogP contribution in [-0.2, 0) is 0 Å². The lowest BCUT2D eigenvalue weighted by molar-refractivity contribution is 0.174. The molecule has 2 aliphatic rings. The Kier molecular flexibility index (Phi) is 4.73. The van der Waals surface area contributed by atoms with Crippen molar-refractivity contribution in [2.24, 2.45) is 0 Å². The van der Waals surface area contributed by atoms with Crippen LogP contribution in [0.2, 0.25) is 0 Å². The number of hydrogen-bond acceptors (Lipinski definition) is 8. The highest BCUT2D eigenvalue weighted by Crippen LogP contribution is 2.35. The molecule has 1 fully saturated rings. The number of para-hydroxylation sites is 1. The highest BCUT2D eigenvalue weighted by atomic mass is 16.7. The van der Waals surface area contributed by atoms with Crippen LogP contribution < -0.4 is 25.0 Å². The van der Waals surface area contributed by atoms with Crippen molar-refractivity contribution in [1.82, 2.24) is 15.0 Å².